The zero-order valence-electron chi connectivity index (χ0n) is 17.0. The van der Waals surface area contributed by atoms with Crippen molar-refractivity contribution in [3.63, 3.8) is 0 Å². The second-order valence-corrected chi connectivity index (χ2v) is 10.4. The van der Waals surface area contributed by atoms with Gasteiger partial charge in [0.25, 0.3) is 0 Å². The van der Waals surface area contributed by atoms with Crippen molar-refractivity contribution < 1.29 is 29.2 Å². The van der Waals surface area contributed by atoms with Crippen LogP contribution in [0.1, 0.15) is 18.9 Å². The molecule has 2 heterocycles. The predicted molar refractivity (Wildman–Crippen MR) is 113 cm³/mol. The number of β-lactam (4-membered cyclic amide) rings is 1. The second-order valence-electron chi connectivity index (χ2n) is 7.73. The first kappa shape index (κ1) is 22.1. The average molecular weight is 503 g/mol. The zero-order chi connectivity index (χ0) is 23.0. The van der Waals surface area contributed by atoms with Crippen LogP contribution in [-0.4, -0.2) is 64.1 Å². The fraction of sp³-hybridized carbons (Fsp3) is 0.318. The van der Waals surface area contributed by atoms with Gasteiger partial charge in [0, 0.05) is 0 Å². The van der Waals surface area contributed by atoms with E-state index >= 15 is 0 Å². The zero-order valence-corrected chi connectivity index (χ0v) is 18.8. The van der Waals surface area contributed by atoms with E-state index < -0.39 is 60.0 Å². The molecule has 2 aromatic rings. The number of esters is 1. The van der Waals surface area contributed by atoms with E-state index in [-0.39, 0.29) is 18.7 Å². The average Bonchev–Trinajstić information content (AvgIpc) is 3.01. The van der Waals surface area contributed by atoms with Crippen molar-refractivity contribution in [3.8, 4) is 0 Å². The third-order valence-electron chi connectivity index (χ3n) is 5.70. The third-order valence-corrected chi connectivity index (χ3v) is 8.63. The first-order chi connectivity index (χ1) is 15.3. The number of non-ortho nitro benzene ring substituents is 1. The summed E-state index contributed by atoms with van der Waals surface area (Å²) in [5.74, 6) is -2.35. The predicted octanol–water partition coefficient (Wildman–Crippen LogP) is 0.545. The summed E-state index contributed by atoms with van der Waals surface area (Å²) in [7, 11) is 0. The topological polar surface area (TPSA) is 127 Å². The van der Waals surface area contributed by atoms with Crippen LogP contribution in [0.3, 0.4) is 0 Å². The van der Waals surface area contributed by atoms with Crippen molar-refractivity contribution in [2.75, 3.05) is 0 Å². The minimum absolute atomic E-state index is 0.0114. The summed E-state index contributed by atoms with van der Waals surface area (Å²) in [5.41, 5.74) is 0.429. The molecule has 0 aromatic heterocycles. The van der Waals surface area contributed by atoms with Gasteiger partial charge in [-0.2, -0.15) is 0 Å². The maximum absolute atomic E-state index is 13.4. The van der Waals surface area contributed by atoms with Crippen LogP contribution >= 0.6 is 0 Å². The number of ether oxygens (including phenoxy) is 1. The van der Waals surface area contributed by atoms with E-state index in [2.05, 4.69) is 0 Å². The van der Waals surface area contributed by atoms with Crippen LogP contribution in [0.25, 0.3) is 0 Å². The molecule has 0 unspecified atom stereocenters. The van der Waals surface area contributed by atoms with E-state index in [0.717, 1.165) is 4.46 Å². The van der Waals surface area contributed by atoms with Gasteiger partial charge < -0.3 is 0 Å². The normalized spacial score (nSPS) is 25.1. The Kier molecular flexibility index (Phi) is 5.85. The first-order valence-corrected chi connectivity index (χ1v) is 11.7. The van der Waals surface area contributed by atoms with Crippen LogP contribution < -0.4 is 4.46 Å². The third kappa shape index (κ3) is 3.60. The van der Waals surface area contributed by atoms with E-state index in [4.69, 9.17) is 4.74 Å². The molecule has 2 saturated heterocycles. The molecule has 166 valence electrons. The summed E-state index contributed by atoms with van der Waals surface area (Å²) in [6, 6.07) is 14.0. The van der Waals surface area contributed by atoms with Crippen LogP contribution in [0.4, 0.5) is 5.69 Å². The molecule has 2 aliphatic rings. The summed E-state index contributed by atoms with van der Waals surface area (Å²) in [5, 5.41) is 20.8. The van der Waals surface area contributed by atoms with Gasteiger partial charge in [-0.1, -0.05) is 0 Å². The number of hydrogen-bond donors (Lipinski definition) is 1. The summed E-state index contributed by atoms with van der Waals surface area (Å²) in [6.45, 7) is 1.31. The first-order valence-electron chi connectivity index (χ1n) is 9.95. The van der Waals surface area contributed by atoms with Gasteiger partial charge in [-0.25, -0.2) is 0 Å². The molecule has 0 aliphatic carbocycles. The number of Topliss-reactive ketones (excluding diaryl/α,β-unsaturated/α-hetero) is 1. The Morgan fingerprint density at radius 2 is 1.91 bits per heavy atom. The number of aliphatic hydroxyl groups is 1. The van der Waals surface area contributed by atoms with Gasteiger partial charge in [-0.15, -0.1) is 0 Å². The monoisotopic (exact) mass is 504 g/mol. The van der Waals surface area contributed by atoms with Crippen molar-refractivity contribution >= 4 is 42.8 Å². The van der Waals surface area contributed by atoms with E-state index in [9.17, 15) is 29.6 Å². The number of carbonyl (C=O) groups excluding carboxylic acids is 3. The number of benzene rings is 2. The molecule has 1 amide bonds. The molecule has 0 radical (unpaired) electrons. The Morgan fingerprint density at radius 1 is 1.25 bits per heavy atom. The molecule has 0 spiro atoms. The number of nitro groups is 1. The molecule has 4 rings (SSSR count). The molecule has 2 aromatic carbocycles. The fourth-order valence-corrected chi connectivity index (χ4v) is 6.87. The van der Waals surface area contributed by atoms with Gasteiger partial charge in [0.2, 0.25) is 0 Å². The van der Waals surface area contributed by atoms with Crippen LogP contribution in [0.5, 0.6) is 0 Å². The van der Waals surface area contributed by atoms with Gasteiger partial charge in [0.05, 0.1) is 0 Å². The van der Waals surface area contributed by atoms with Gasteiger partial charge in [-0.05, 0) is 0 Å². The number of carbonyl (C=O) groups is 3. The molecule has 32 heavy (non-hydrogen) atoms. The number of fused-ring (bicyclic) bond motifs is 1. The standard InChI is InChI=1S/C22H20N2O7Se/c1-13(25)19-17-11-18(26)22(23(17)20(19)27,32-16-5-3-2-4-6-16)21(28)31-12-14-7-9-15(10-8-14)24(29)30/h2-10,13,17,19,25H,11-12H2,1H3/t13-,17-,19-,22-/m1/s1. The number of hydrogen-bond acceptors (Lipinski definition) is 7. The fourth-order valence-electron chi connectivity index (χ4n) is 4.14. The van der Waals surface area contributed by atoms with Crippen molar-refractivity contribution in [2.24, 2.45) is 5.92 Å². The van der Waals surface area contributed by atoms with E-state index in [1.54, 1.807) is 24.3 Å². The van der Waals surface area contributed by atoms with Crippen molar-refractivity contribution in [2.45, 2.75) is 36.5 Å². The van der Waals surface area contributed by atoms with Crippen LogP contribution in [0.2, 0.25) is 0 Å². The van der Waals surface area contributed by atoms with Crippen LogP contribution in [-0.2, 0) is 25.7 Å². The summed E-state index contributed by atoms with van der Waals surface area (Å²) >= 11 is -0.758. The molecule has 0 bridgehead atoms. The van der Waals surface area contributed by atoms with Gasteiger partial charge in [0.15, 0.2) is 0 Å². The molecule has 10 heteroatoms. The molecule has 2 aliphatic heterocycles. The Hall–Kier alpha value is -3.07. The molecule has 2 fully saturated rings. The summed E-state index contributed by atoms with van der Waals surface area (Å²) in [4.78, 5) is 51.0. The number of nitrogens with zero attached hydrogens (tertiary/aromatic N) is 2. The Labute approximate surface area is 189 Å². The number of rotatable bonds is 7. The van der Waals surface area contributed by atoms with Crippen LogP contribution in [0.15, 0.2) is 54.6 Å². The number of aliphatic hydroxyl groups excluding tert-OH is 1. The van der Waals surface area contributed by atoms with Crippen molar-refractivity contribution in [1.82, 2.24) is 4.90 Å². The molecule has 4 atom stereocenters. The van der Waals surface area contributed by atoms with E-state index in [1.165, 1.54) is 36.1 Å². The molecular formula is C22H20N2O7Se. The quantitative estimate of drug-likeness (QED) is 0.146. The molecule has 1 N–H and O–H groups in total. The maximum atomic E-state index is 13.4. The Balaban J connectivity index is 1.61. The molecular weight excluding hydrogens is 483 g/mol. The Bertz CT molecular complexity index is 1070. The number of ketones is 1. The minimum atomic E-state index is -1.73. The van der Waals surface area contributed by atoms with E-state index in [0.29, 0.717) is 5.56 Å². The van der Waals surface area contributed by atoms with Gasteiger partial charge in [-0.3, -0.25) is 0 Å². The van der Waals surface area contributed by atoms with E-state index in [1.807, 2.05) is 6.07 Å². The Morgan fingerprint density at radius 3 is 2.50 bits per heavy atom. The molecule has 9 nitrogen and oxygen atoms in total. The van der Waals surface area contributed by atoms with Crippen LogP contribution in [0, 0.1) is 16.0 Å². The van der Waals surface area contributed by atoms with Gasteiger partial charge in [0.1, 0.15) is 0 Å². The summed E-state index contributed by atoms with van der Waals surface area (Å²) < 4.78 is 4.51. The number of amides is 1. The SMILES string of the molecule is C[C@@H](O)[C@H]1C(=O)N2[C@@H]1CC(=O)[C@@]2([Se]c1ccccc1)C(=O)OCc1ccc([N+](=O)[O-])cc1. The molecule has 0 saturated carbocycles. The van der Waals surface area contributed by atoms with Gasteiger partial charge >= 0.3 is 190 Å². The van der Waals surface area contributed by atoms with Crippen molar-refractivity contribution in [3.05, 3.63) is 70.3 Å². The van der Waals surface area contributed by atoms with Crippen molar-refractivity contribution in [1.29, 1.82) is 0 Å². The second kappa shape index (κ2) is 8.46. The summed E-state index contributed by atoms with van der Waals surface area (Å²) in [6.07, 6.45) is -0.935. The number of nitro benzene ring substituents is 1.